The Hall–Kier alpha value is -2.70. The molecule has 0 aromatic heterocycles. The van der Waals surface area contributed by atoms with Gasteiger partial charge in [-0.05, 0) is 29.8 Å². The Morgan fingerprint density at radius 2 is 1.78 bits per heavy atom. The van der Waals surface area contributed by atoms with E-state index in [-0.39, 0.29) is 18.6 Å². The normalized spacial score (nSPS) is 19.4. The molecule has 1 fully saturated rings. The van der Waals surface area contributed by atoms with Crippen molar-refractivity contribution in [3.63, 3.8) is 0 Å². The van der Waals surface area contributed by atoms with Crippen molar-refractivity contribution < 1.29 is 19.1 Å². The molecular formula is C20H17ClN2O4. The molecule has 0 spiro atoms. The highest BCUT2D eigenvalue weighted by Crippen LogP contribution is 2.26. The van der Waals surface area contributed by atoms with Gasteiger partial charge in [-0.25, -0.2) is 0 Å². The Morgan fingerprint density at radius 3 is 2.44 bits per heavy atom. The highest BCUT2D eigenvalue weighted by molar-refractivity contribution is 6.30. The van der Waals surface area contributed by atoms with Crippen molar-refractivity contribution in [2.75, 3.05) is 26.2 Å². The first-order valence-corrected chi connectivity index (χ1v) is 9.02. The molecule has 6 nitrogen and oxygen atoms in total. The van der Waals surface area contributed by atoms with E-state index in [1.807, 2.05) is 18.2 Å². The number of amides is 3. The van der Waals surface area contributed by atoms with Crippen LogP contribution in [0.15, 0.2) is 48.5 Å². The summed E-state index contributed by atoms with van der Waals surface area (Å²) in [6, 6.07) is 13.9. The summed E-state index contributed by atoms with van der Waals surface area (Å²) in [4.78, 5) is 40.3. The Bertz CT molecular complexity index is 895. The molecule has 0 N–H and O–H groups in total. The van der Waals surface area contributed by atoms with Crippen molar-refractivity contribution in [1.82, 2.24) is 9.80 Å². The fourth-order valence-electron chi connectivity index (χ4n) is 3.40. The third kappa shape index (κ3) is 3.34. The molecule has 138 valence electrons. The summed E-state index contributed by atoms with van der Waals surface area (Å²) in [5, 5.41) is 0.602. The molecule has 2 aliphatic rings. The molecule has 0 aliphatic carbocycles. The Balaban J connectivity index is 1.46. The van der Waals surface area contributed by atoms with Gasteiger partial charge in [-0.1, -0.05) is 35.9 Å². The van der Waals surface area contributed by atoms with E-state index in [1.165, 1.54) is 0 Å². The molecule has 2 aromatic rings. The number of halogens is 1. The van der Waals surface area contributed by atoms with Crippen LogP contribution in [0, 0.1) is 0 Å². The Morgan fingerprint density at radius 1 is 1.07 bits per heavy atom. The molecule has 1 unspecified atom stereocenters. The van der Waals surface area contributed by atoms with E-state index in [2.05, 4.69) is 0 Å². The zero-order chi connectivity index (χ0) is 19.0. The summed E-state index contributed by atoms with van der Waals surface area (Å²) in [5.74, 6) is -1.13. The number of morpholine rings is 1. The number of hydrogen-bond acceptors (Lipinski definition) is 4. The first-order chi connectivity index (χ1) is 13.0. The average Bonchev–Trinajstić information content (AvgIpc) is 2.93. The molecule has 0 bridgehead atoms. The monoisotopic (exact) mass is 384 g/mol. The third-order valence-electron chi connectivity index (χ3n) is 4.81. The maximum Gasteiger partial charge on any atom is 0.262 e. The number of rotatable bonds is 3. The molecule has 4 rings (SSSR count). The molecule has 0 saturated carbocycles. The van der Waals surface area contributed by atoms with Crippen LogP contribution in [0.2, 0.25) is 5.02 Å². The van der Waals surface area contributed by atoms with E-state index in [4.69, 9.17) is 16.3 Å². The smallest absolute Gasteiger partial charge is 0.262 e. The van der Waals surface area contributed by atoms with Gasteiger partial charge in [0.1, 0.15) is 12.6 Å². The van der Waals surface area contributed by atoms with E-state index < -0.39 is 11.8 Å². The van der Waals surface area contributed by atoms with Crippen LogP contribution in [0.3, 0.4) is 0 Å². The quantitative estimate of drug-likeness (QED) is 0.763. The second-order valence-electron chi connectivity index (χ2n) is 6.50. The lowest BCUT2D eigenvalue weighted by Crippen LogP contribution is -2.47. The first-order valence-electron chi connectivity index (χ1n) is 8.64. The number of carbonyl (C=O) groups is 3. The van der Waals surface area contributed by atoms with Gasteiger partial charge in [-0.15, -0.1) is 0 Å². The number of hydrogen-bond donors (Lipinski definition) is 0. The molecule has 7 heteroatoms. The number of fused-ring (bicyclic) bond motifs is 1. The summed E-state index contributed by atoms with van der Waals surface area (Å²) >= 11 is 6.03. The minimum absolute atomic E-state index is 0.269. The van der Waals surface area contributed by atoms with Gasteiger partial charge in [-0.3, -0.25) is 19.3 Å². The van der Waals surface area contributed by atoms with Crippen LogP contribution >= 0.6 is 11.6 Å². The van der Waals surface area contributed by atoms with Gasteiger partial charge in [0.25, 0.3) is 11.8 Å². The highest BCUT2D eigenvalue weighted by Gasteiger charge is 2.37. The van der Waals surface area contributed by atoms with Gasteiger partial charge in [0.15, 0.2) is 0 Å². The highest BCUT2D eigenvalue weighted by atomic mass is 35.5. The van der Waals surface area contributed by atoms with E-state index in [1.54, 1.807) is 35.2 Å². The van der Waals surface area contributed by atoms with Gasteiger partial charge < -0.3 is 9.64 Å². The fraction of sp³-hybridized carbons (Fsp3) is 0.250. The van der Waals surface area contributed by atoms with Crippen LogP contribution in [0.5, 0.6) is 0 Å². The summed E-state index contributed by atoms with van der Waals surface area (Å²) in [6.45, 7) is 0.876. The average molecular weight is 385 g/mol. The zero-order valence-electron chi connectivity index (χ0n) is 14.4. The standard InChI is InChI=1S/C20H17ClN2O4/c21-14-5-3-4-13(10-14)17-11-22(8-9-27-17)18(24)12-23-19(25)15-6-1-2-7-16(15)20(23)26/h1-7,10,17H,8-9,11-12H2. The van der Waals surface area contributed by atoms with Gasteiger partial charge >= 0.3 is 0 Å². The molecule has 1 atom stereocenters. The summed E-state index contributed by atoms with van der Waals surface area (Å²) in [5.41, 5.74) is 1.57. The second kappa shape index (κ2) is 7.13. The molecule has 2 aliphatic heterocycles. The number of nitrogens with zero attached hydrogens (tertiary/aromatic N) is 2. The summed E-state index contributed by atoms with van der Waals surface area (Å²) in [7, 11) is 0. The minimum Gasteiger partial charge on any atom is -0.370 e. The lowest BCUT2D eigenvalue weighted by molar-refractivity contribution is -0.139. The Labute approximate surface area is 161 Å². The maximum atomic E-state index is 12.7. The molecule has 2 heterocycles. The van der Waals surface area contributed by atoms with Crippen LogP contribution in [-0.4, -0.2) is 53.8 Å². The molecule has 3 amide bonds. The van der Waals surface area contributed by atoms with E-state index >= 15 is 0 Å². The maximum absolute atomic E-state index is 12.7. The van der Waals surface area contributed by atoms with Crippen LogP contribution in [0.1, 0.15) is 32.4 Å². The van der Waals surface area contributed by atoms with Crippen molar-refractivity contribution >= 4 is 29.3 Å². The van der Waals surface area contributed by atoms with Crippen LogP contribution in [-0.2, 0) is 9.53 Å². The first kappa shape index (κ1) is 17.7. The SMILES string of the molecule is O=C(CN1C(=O)c2ccccc2C1=O)N1CCOC(c2cccc(Cl)c2)C1. The lowest BCUT2D eigenvalue weighted by Gasteiger charge is -2.34. The van der Waals surface area contributed by atoms with Gasteiger partial charge in [0, 0.05) is 11.6 Å². The van der Waals surface area contributed by atoms with Crippen LogP contribution < -0.4 is 0 Å². The van der Waals surface area contributed by atoms with Crippen molar-refractivity contribution in [2.45, 2.75) is 6.10 Å². The largest absolute Gasteiger partial charge is 0.370 e. The summed E-state index contributed by atoms with van der Waals surface area (Å²) in [6.07, 6.45) is -0.288. The van der Waals surface area contributed by atoms with Crippen molar-refractivity contribution in [3.05, 3.63) is 70.2 Å². The topological polar surface area (TPSA) is 66.9 Å². The second-order valence-corrected chi connectivity index (χ2v) is 6.93. The summed E-state index contributed by atoms with van der Waals surface area (Å²) < 4.78 is 5.76. The molecule has 0 radical (unpaired) electrons. The van der Waals surface area contributed by atoms with Crippen molar-refractivity contribution in [2.24, 2.45) is 0 Å². The van der Waals surface area contributed by atoms with E-state index in [9.17, 15) is 14.4 Å². The van der Waals surface area contributed by atoms with Crippen molar-refractivity contribution in [3.8, 4) is 0 Å². The third-order valence-corrected chi connectivity index (χ3v) is 5.05. The van der Waals surface area contributed by atoms with Gasteiger partial charge in [0.2, 0.25) is 5.91 Å². The molecule has 2 aromatic carbocycles. The molecule has 27 heavy (non-hydrogen) atoms. The van der Waals surface area contributed by atoms with E-state index in [0.29, 0.717) is 35.8 Å². The van der Waals surface area contributed by atoms with Crippen LogP contribution in [0.25, 0.3) is 0 Å². The minimum atomic E-state index is -0.427. The van der Waals surface area contributed by atoms with Gasteiger partial charge in [0.05, 0.1) is 24.3 Å². The van der Waals surface area contributed by atoms with Gasteiger partial charge in [-0.2, -0.15) is 0 Å². The lowest BCUT2D eigenvalue weighted by atomic mass is 10.1. The number of benzene rings is 2. The van der Waals surface area contributed by atoms with E-state index in [0.717, 1.165) is 10.5 Å². The number of ether oxygens (including phenoxy) is 1. The molecular weight excluding hydrogens is 368 g/mol. The van der Waals surface area contributed by atoms with Crippen LogP contribution in [0.4, 0.5) is 0 Å². The molecule has 1 saturated heterocycles. The number of carbonyl (C=O) groups excluding carboxylic acids is 3. The fourth-order valence-corrected chi connectivity index (χ4v) is 3.60. The zero-order valence-corrected chi connectivity index (χ0v) is 15.2. The number of imide groups is 1. The van der Waals surface area contributed by atoms with Crippen molar-refractivity contribution in [1.29, 1.82) is 0 Å². The Kier molecular flexibility index (Phi) is 4.68. The predicted molar refractivity (Wildman–Crippen MR) is 98.5 cm³/mol. The predicted octanol–water partition coefficient (Wildman–Crippen LogP) is 2.54.